The molecule has 0 spiro atoms. The van der Waals surface area contributed by atoms with Crippen molar-refractivity contribution >= 4 is 11.6 Å². The van der Waals surface area contributed by atoms with Gasteiger partial charge in [0.15, 0.2) is 0 Å². The summed E-state index contributed by atoms with van der Waals surface area (Å²) in [6, 6.07) is 7.60. The Morgan fingerprint density at radius 1 is 1.37 bits per heavy atom. The highest BCUT2D eigenvalue weighted by Gasteiger charge is 2.37. The molecule has 104 valence electrons. The van der Waals surface area contributed by atoms with Crippen molar-refractivity contribution < 1.29 is 9.53 Å². The zero-order valence-electron chi connectivity index (χ0n) is 11.9. The number of hydrogen-bond acceptors (Lipinski definition) is 3. The predicted octanol–water partition coefficient (Wildman–Crippen LogP) is 2.19. The number of hydrogen-bond donors (Lipinski definition) is 1. The predicted molar refractivity (Wildman–Crippen MR) is 76.7 cm³/mol. The quantitative estimate of drug-likeness (QED) is 0.908. The highest BCUT2D eigenvalue weighted by atomic mass is 16.5. The molecule has 0 bridgehead atoms. The van der Waals surface area contributed by atoms with Crippen LogP contribution < -0.4 is 15.0 Å². The number of carbonyl (C=O) groups excluding carboxylic acids is 1. The number of ether oxygens (including phenoxy) is 1. The Hall–Kier alpha value is -1.55. The van der Waals surface area contributed by atoms with Crippen LogP contribution in [0.2, 0.25) is 0 Å². The molecular formula is C15H22N2O2. The first-order valence-electron chi connectivity index (χ1n) is 6.75. The van der Waals surface area contributed by atoms with Crippen LogP contribution in [-0.4, -0.2) is 32.1 Å². The summed E-state index contributed by atoms with van der Waals surface area (Å²) in [5.74, 6) is 0.814. The van der Waals surface area contributed by atoms with E-state index in [0.717, 1.165) is 37.2 Å². The van der Waals surface area contributed by atoms with Gasteiger partial charge in [0.1, 0.15) is 5.75 Å². The van der Waals surface area contributed by atoms with Crippen molar-refractivity contribution in [1.29, 1.82) is 0 Å². The van der Waals surface area contributed by atoms with Crippen LogP contribution in [0.25, 0.3) is 0 Å². The standard InChI is InChI=1S/C15H22N2O2/c1-15(10-6-7-11-16-15)14(18)17(2)12-8-4-5-9-13(12)19-3/h4-5,8-9,16H,6-7,10-11H2,1-3H3. The van der Waals surface area contributed by atoms with Crippen LogP contribution >= 0.6 is 0 Å². The normalized spacial score (nSPS) is 22.9. The summed E-state index contributed by atoms with van der Waals surface area (Å²) >= 11 is 0. The first-order valence-corrected chi connectivity index (χ1v) is 6.75. The van der Waals surface area contributed by atoms with Gasteiger partial charge in [0.25, 0.3) is 0 Å². The van der Waals surface area contributed by atoms with Gasteiger partial charge in [-0.1, -0.05) is 12.1 Å². The molecule has 1 saturated heterocycles. The highest BCUT2D eigenvalue weighted by molar-refractivity contribution is 6.00. The number of piperidine rings is 1. The molecule has 19 heavy (non-hydrogen) atoms. The molecule has 2 rings (SSSR count). The molecule has 1 aliphatic rings. The van der Waals surface area contributed by atoms with E-state index in [1.165, 1.54) is 0 Å². The van der Waals surface area contributed by atoms with E-state index in [0.29, 0.717) is 0 Å². The van der Waals surface area contributed by atoms with Crippen molar-refractivity contribution in [3.05, 3.63) is 24.3 Å². The van der Waals surface area contributed by atoms with Crippen molar-refractivity contribution in [3.8, 4) is 5.75 Å². The number of likely N-dealkylation sites (N-methyl/N-ethyl adjacent to an activating group) is 1. The summed E-state index contributed by atoms with van der Waals surface area (Å²) in [6.45, 7) is 2.89. The molecule has 1 aliphatic heterocycles. The van der Waals surface area contributed by atoms with Crippen molar-refractivity contribution in [2.75, 3.05) is 25.6 Å². The van der Waals surface area contributed by atoms with E-state index in [1.807, 2.05) is 38.2 Å². The number of nitrogens with zero attached hydrogens (tertiary/aromatic N) is 1. The van der Waals surface area contributed by atoms with E-state index in [9.17, 15) is 4.79 Å². The summed E-state index contributed by atoms with van der Waals surface area (Å²) in [7, 11) is 3.43. The molecule has 0 radical (unpaired) electrons. The van der Waals surface area contributed by atoms with E-state index in [2.05, 4.69) is 5.32 Å². The van der Waals surface area contributed by atoms with Crippen LogP contribution in [0.1, 0.15) is 26.2 Å². The van der Waals surface area contributed by atoms with Crippen LogP contribution in [-0.2, 0) is 4.79 Å². The average molecular weight is 262 g/mol. The number of nitrogens with one attached hydrogen (secondary N) is 1. The molecule has 1 aromatic carbocycles. The van der Waals surface area contributed by atoms with Crippen molar-refractivity contribution in [3.63, 3.8) is 0 Å². The lowest BCUT2D eigenvalue weighted by atomic mass is 9.89. The van der Waals surface area contributed by atoms with Gasteiger partial charge in [0, 0.05) is 7.05 Å². The SMILES string of the molecule is COc1ccccc1N(C)C(=O)C1(C)CCCCN1. The average Bonchev–Trinajstić information content (AvgIpc) is 2.46. The summed E-state index contributed by atoms with van der Waals surface area (Å²) in [5, 5.41) is 3.35. The summed E-state index contributed by atoms with van der Waals surface area (Å²) in [4.78, 5) is 14.4. The van der Waals surface area contributed by atoms with Crippen LogP contribution in [0.15, 0.2) is 24.3 Å². The second-order valence-electron chi connectivity index (χ2n) is 5.25. The molecule has 0 aromatic heterocycles. The van der Waals surface area contributed by atoms with Crippen LogP contribution in [0.3, 0.4) is 0 Å². The smallest absolute Gasteiger partial charge is 0.246 e. The zero-order valence-corrected chi connectivity index (χ0v) is 11.9. The summed E-state index contributed by atoms with van der Waals surface area (Å²) < 4.78 is 5.32. The lowest BCUT2D eigenvalue weighted by Crippen LogP contribution is -2.57. The second-order valence-corrected chi connectivity index (χ2v) is 5.25. The topological polar surface area (TPSA) is 41.6 Å². The van der Waals surface area contributed by atoms with Gasteiger partial charge in [0.05, 0.1) is 18.3 Å². The lowest BCUT2D eigenvalue weighted by Gasteiger charge is -2.36. The summed E-state index contributed by atoms with van der Waals surface area (Å²) in [6.07, 6.45) is 3.11. The first kappa shape index (κ1) is 13.9. The molecule has 1 heterocycles. The monoisotopic (exact) mass is 262 g/mol. The Bertz CT molecular complexity index is 453. The Balaban J connectivity index is 2.23. The van der Waals surface area contributed by atoms with Gasteiger partial charge in [-0.2, -0.15) is 0 Å². The molecule has 0 saturated carbocycles. The number of methoxy groups -OCH3 is 1. The third-order valence-electron chi connectivity index (χ3n) is 3.84. The minimum absolute atomic E-state index is 0.0942. The van der Waals surface area contributed by atoms with Gasteiger partial charge in [-0.25, -0.2) is 0 Å². The highest BCUT2D eigenvalue weighted by Crippen LogP contribution is 2.30. The molecule has 1 atom stereocenters. The van der Waals surface area contributed by atoms with Crippen molar-refractivity contribution in [2.45, 2.75) is 31.7 Å². The lowest BCUT2D eigenvalue weighted by molar-refractivity contribution is -0.124. The third kappa shape index (κ3) is 2.73. The largest absolute Gasteiger partial charge is 0.495 e. The maximum absolute atomic E-state index is 12.7. The molecule has 1 unspecified atom stereocenters. The Kier molecular flexibility index (Phi) is 4.10. The van der Waals surface area contributed by atoms with Gasteiger partial charge in [0.2, 0.25) is 5.91 Å². The van der Waals surface area contributed by atoms with Crippen LogP contribution in [0.5, 0.6) is 5.75 Å². The Morgan fingerprint density at radius 2 is 2.11 bits per heavy atom. The van der Waals surface area contributed by atoms with Gasteiger partial charge >= 0.3 is 0 Å². The number of para-hydroxylation sites is 2. The number of carbonyl (C=O) groups is 1. The molecule has 1 fully saturated rings. The number of anilines is 1. The van der Waals surface area contributed by atoms with Crippen molar-refractivity contribution in [2.24, 2.45) is 0 Å². The van der Waals surface area contributed by atoms with Gasteiger partial charge in [-0.15, -0.1) is 0 Å². The van der Waals surface area contributed by atoms with Crippen LogP contribution in [0.4, 0.5) is 5.69 Å². The molecule has 1 amide bonds. The first-order chi connectivity index (χ1) is 9.08. The fourth-order valence-electron chi connectivity index (χ4n) is 2.63. The fraction of sp³-hybridized carbons (Fsp3) is 0.533. The van der Waals surface area contributed by atoms with E-state index in [1.54, 1.807) is 12.0 Å². The summed E-state index contributed by atoms with van der Waals surface area (Å²) in [5.41, 5.74) is 0.344. The Morgan fingerprint density at radius 3 is 2.74 bits per heavy atom. The maximum atomic E-state index is 12.7. The van der Waals surface area contributed by atoms with Gasteiger partial charge < -0.3 is 15.0 Å². The number of rotatable bonds is 3. The molecule has 1 aromatic rings. The zero-order chi connectivity index (χ0) is 13.9. The fourth-order valence-corrected chi connectivity index (χ4v) is 2.63. The number of benzene rings is 1. The van der Waals surface area contributed by atoms with E-state index < -0.39 is 5.54 Å². The third-order valence-corrected chi connectivity index (χ3v) is 3.84. The molecule has 0 aliphatic carbocycles. The second kappa shape index (κ2) is 5.61. The minimum atomic E-state index is -0.464. The molecule has 4 heteroatoms. The molecule has 1 N–H and O–H groups in total. The molecular weight excluding hydrogens is 240 g/mol. The van der Waals surface area contributed by atoms with Gasteiger partial charge in [-0.3, -0.25) is 4.79 Å². The Labute approximate surface area is 114 Å². The van der Waals surface area contributed by atoms with Crippen LogP contribution in [0, 0.1) is 0 Å². The maximum Gasteiger partial charge on any atom is 0.246 e. The van der Waals surface area contributed by atoms with E-state index >= 15 is 0 Å². The van der Waals surface area contributed by atoms with E-state index in [4.69, 9.17) is 4.74 Å². The molecule has 4 nitrogen and oxygen atoms in total. The number of amides is 1. The van der Waals surface area contributed by atoms with Crippen molar-refractivity contribution in [1.82, 2.24) is 5.32 Å². The van der Waals surface area contributed by atoms with Gasteiger partial charge in [-0.05, 0) is 44.9 Å². The minimum Gasteiger partial charge on any atom is -0.495 e. The van der Waals surface area contributed by atoms with E-state index in [-0.39, 0.29) is 5.91 Å².